The van der Waals surface area contributed by atoms with Crippen LogP contribution in [0, 0.1) is 0 Å². The molecule has 33 heavy (non-hydrogen) atoms. The summed E-state index contributed by atoms with van der Waals surface area (Å²) in [4.78, 5) is 22.8. The first-order valence-corrected chi connectivity index (χ1v) is 11.0. The van der Waals surface area contributed by atoms with Gasteiger partial charge in [0.15, 0.2) is 5.82 Å². The minimum absolute atomic E-state index is 0.00202. The topological polar surface area (TPSA) is 81.7 Å². The van der Waals surface area contributed by atoms with Gasteiger partial charge < -0.3 is 4.90 Å². The molecular weight excluding hydrogens is 414 g/mol. The average molecular weight is 440 g/mol. The van der Waals surface area contributed by atoms with Gasteiger partial charge in [0, 0.05) is 67.2 Å². The van der Waals surface area contributed by atoms with Crippen molar-refractivity contribution in [2.75, 3.05) is 13.1 Å². The van der Waals surface area contributed by atoms with Crippen LogP contribution in [-0.4, -0.2) is 53.4 Å². The predicted octanol–water partition coefficient (Wildman–Crippen LogP) is 3.76. The normalized spacial score (nSPS) is 14.4. The lowest BCUT2D eigenvalue weighted by Crippen LogP contribution is -2.38. The van der Waals surface area contributed by atoms with Gasteiger partial charge in [-0.05, 0) is 30.5 Å². The number of rotatable bonds is 5. The van der Waals surface area contributed by atoms with Gasteiger partial charge >= 0.3 is 0 Å². The molecule has 0 bridgehead atoms. The number of amides is 1. The van der Waals surface area contributed by atoms with Crippen molar-refractivity contribution >= 4 is 5.91 Å². The second-order valence-corrected chi connectivity index (χ2v) is 8.25. The third kappa shape index (κ3) is 4.32. The van der Waals surface area contributed by atoms with E-state index in [1.807, 2.05) is 65.9 Å². The van der Waals surface area contributed by atoms with Crippen LogP contribution in [0.3, 0.4) is 0 Å². The van der Waals surface area contributed by atoms with Gasteiger partial charge in [-0.15, -0.1) is 0 Å². The van der Waals surface area contributed by atoms with Gasteiger partial charge in [-0.1, -0.05) is 24.8 Å². The number of aromatic nitrogens is 6. The summed E-state index contributed by atoms with van der Waals surface area (Å²) in [5.41, 5.74) is 5.00. The summed E-state index contributed by atoms with van der Waals surface area (Å²) in [6.07, 6.45) is 14.5. The van der Waals surface area contributed by atoms with Gasteiger partial charge in [0.05, 0.1) is 18.4 Å². The summed E-state index contributed by atoms with van der Waals surface area (Å²) in [7, 11) is 1.91. The number of benzene rings is 1. The highest BCUT2D eigenvalue weighted by Gasteiger charge is 2.23. The molecule has 0 spiro atoms. The Labute approximate surface area is 192 Å². The fourth-order valence-corrected chi connectivity index (χ4v) is 4.20. The summed E-state index contributed by atoms with van der Waals surface area (Å²) in [5.74, 6) is 0.675. The second kappa shape index (κ2) is 8.82. The minimum Gasteiger partial charge on any atom is -0.339 e. The zero-order chi connectivity index (χ0) is 22.8. The number of carbonyl (C=O) groups excluding carboxylic acids is 1. The van der Waals surface area contributed by atoms with Crippen LogP contribution in [0.2, 0.25) is 0 Å². The summed E-state index contributed by atoms with van der Waals surface area (Å²) >= 11 is 0. The summed E-state index contributed by atoms with van der Waals surface area (Å²) in [5, 5.41) is 8.81. The van der Waals surface area contributed by atoms with E-state index >= 15 is 0 Å². The van der Waals surface area contributed by atoms with Crippen molar-refractivity contribution in [3.8, 4) is 33.6 Å². The molecule has 8 heteroatoms. The molecule has 1 amide bonds. The molecule has 1 aromatic carbocycles. The van der Waals surface area contributed by atoms with Crippen molar-refractivity contribution in [3.05, 3.63) is 74.1 Å². The van der Waals surface area contributed by atoms with Crippen molar-refractivity contribution in [2.24, 2.45) is 7.05 Å². The van der Waals surface area contributed by atoms with Crippen molar-refractivity contribution in [1.29, 1.82) is 0 Å². The maximum absolute atomic E-state index is 11.8. The Morgan fingerprint density at radius 1 is 0.939 bits per heavy atom. The Morgan fingerprint density at radius 3 is 2.33 bits per heavy atom. The van der Waals surface area contributed by atoms with Gasteiger partial charge in [-0.25, -0.2) is 9.97 Å². The molecule has 4 heterocycles. The number of likely N-dealkylation sites (tertiary alicyclic amines) is 1. The van der Waals surface area contributed by atoms with Gasteiger partial charge in [-0.3, -0.25) is 14.2 Å². The number of nitrogens with zero attached hydrogens (tertiary/aromatic N) is 7. The monoisotopic (exact) mass is 439 g/mol. The van der Waals surface area contributed by atoms with Crippen LogP contribution in [0.4, 0.5) is 0 Å². The quantitative estimate of drug-likeness (QED) is 0.442. The van der Waals surface area contributed by atoms with Crippen LogP contribution >= 0.6 is 0 Å². The van der Waals surface area contributed by atoms with Gasteiger partial charge in [-0.2, -0.15) is 10.2 Å². The van der Waals surface area contributed by atoms with Crippen LogP contribution < -0.4 is 0 Å². The third-order valence-electron chi connectivity index (χ3n) is 6.07. The van der Waals surface area contributed by atoms with Gasteiger partial charge in [0.1, 0.15) is 0 Å². The SMILES string of the molecule is C=CC(=O)N1CCC(n2cc(-c3cnc(-c4cccc(-c5cnn(C)c5)c4)nc3)cn2)CC1. The maximum atomic E-state index is 11.8. The molecule has 0 aliphatic carbocycles. The first kappa shape index (κ1) is 20.8. The van der Waals surface area contributed by atoms with E-state index in [0.29, 0.717) is 5.82 Å². The largest absolute Gasteiger partial charge is 0.339 e. The first-order valence-electron chi connectivity index (χ1n) is 11.0. The van der Waals surface area contributed by atoms with Crippen LogP contribution in [0.1, 0.15) is 18.9 Å². The van der Waals surface area contributed by atoms with Crippen LogP contribution in [0.25, 0.3) is 33.6 Å². The number of hydrogen-bond donors (Lipinski definition) is 0. The van der Waals surface area contributed by atoms with Crippen LogP contribution in [0.5, 0.6) is 0 Å². The summed E-state index contributed by atoms with van der Waals surface area (Å²) < 4.78 is 3.79. The molecule has 1 aliphatic rings. The van der Waals surface area contributed by atoms with E-state index in [1.54, 1.807) is 4.68 Å². The first-order chi connectivity index (χ1) is 16.1. The lowest BCUT2D eigenvalue weighted by atomic mass is 10.1. The molecule has 0 N–H and O–H groups in total. The average Bonchev–Trinajstić information content (AvgIpc) is 3.54. The highest BCUT2D eigenvalue weighted by molar-refractivity contribution is 5.87. The highest BCUT2D eigenvalue weighted by atomic mass is 16.2. The number of hydrogen-bond acceptors (Lipinski definition) is 5. The molecule has 0 radical (unpaired) electrons. The zero-order valence-corrected chi connectivity index (χ0v) is 18.5. The minimum atomic E-state index is -0.00202. The molecule has 1 saturated heterocycles. The lowest BCUT2D eigenvalue weighted by molar-refractivity contribution is -0.127. The molecular formula is C25H25N7O. The lowest BCUT2D eigenvalue weighted by Gasteiger charge is -2.31. The molecule has 3 aromatic heterocycles. The van der Waals surface area contributed by atoms with E-state index in [1.165, 1.54) is 6.08 Å². The molecule has 0 unspecified atom stereocenters. The molecule has 8 nitrogen and oxygen atoms in total. The maximum Gasteiger partial charge on any atom is 0.245 e. The predicted molar refractivity (Wildman–Crippen MR) is 126 cm³/mol. The molecule has 4 aromatic rings. The smallest absolute Gasteiger partial charge is 0.245 e. The molecule has 166 valence electrons. The Kier molecular flexibility index (Phi) is 5.56. The fourth-order valence-electron chi connectivity index (χ4n) is 4.20. The van der Waals surface area contributed by atoms with Crippen molar-refractivity contribution < 1.29 is 4.79 Å². The second-order valence-electron chi connectivity index (χ2n) is 8.25. The molecule has 0 atom stereocenters. The van der Waals surface area contributed by atoms with Crippen LogP contribution in [-0.2, 0) is 11.8 Å². The third-order valence-corrected chi connectivity index (χ3v) is 6.07. The molecule has 1 aliphatic heterocycles. The van der Waals surface area contributed by atoms with E-state index in [2.05, 4.69) is 38.9 Å². The van der Waals surface area contributed by atoms with Gasteiger partial charge in [0.2, 0.25) is 5.91 Å². The Hall–Kier alpha value is -4.07. The summed E-state index contributed by atoms with van der Waals surface area (Å²) in [6.45, 7) is 5.02. The van der Waals surface area contributed by atoms with Crippen molar-refractivity contribution in [3.63, 3.8) is 0 Å². The van der Waals surface area contributed by atoms with Crippen molar-refractivity contribution in [2.45, 2.75) is 18.9 Å². The Balaban J connectivity index is 1.30. The van der Waals surface area contributed by atoms with E-state index in [-0.39, 0.29) is 11.9 Å². The van der Waals surface area contributed by atoms with E-state index in [0.717, 1.165) is 53.7 Å². The van der Waals surface area contributed by atoms with E-state index in [9.17, 15) is 4.79 Å². The fraction of sp³-hybridized carbons (Fsp3) is 0.240. The number of carbonyl (C=O) groups is 1. The Bertz CT molecular complexity index is 1280. The van der Waals surface area contributed by atoms with Crippen molar-refractivity contribution in [1.82, 2.24) is 34.4 Å². The highest BCUT2D eigenvalue weighted by Crippen LogP contribution is 2.27. The number of aryl methyl sites for hydroxylation is 1. The molecule has 0 saturated carbocycles. The standard InChI is InChI=1S/C25H25N7O/c1-3-24(33)31-9-7-23(8-10-31)32-17-22(15-29-32)20-12-26-25(27-13-20)19-6-4-5-18(11-19)21-14-28-30(2)16-21/h3-6,11-17,23H,1,7-10H2,2H3. The molecule has 5 rings (SSSR count). The molecule has 1 fully saturated rings. The number of piperidine rings is 1. The van der Waals surface area contributed by atoms with E-state index < -0.39 is 0 Å². The zero-order valence-electron chi connectivity index (χ0n) is 18.5. The van der Waals surface area contributed by atoms with E-state index in [4.69, 9.17) is 0 Å². The Morgan fingerprint density at radius 2 is 1.64 bits per heavy atom. The van der Waals surface area contributed by atoms with Gasteiger partial charge in [0.25, 0.3) is 0 Å². The summed E-state index contributed by atoms with van der Waals surface area (Å²) in [6, 6.07) is 8.43. The van der Waals surface area contributed by atoms with Crippen LogP contribution in [0.15, 0.2) is 74.1 Å².